The van der Waals surface area contributed by atoms with E-state index in [-0.39, 0.29) is 0 Å². The van der Waals surface area contributed by atoms with E-state index in [2.05, 4.69) is 34.8 Å². The van der Waals surface area contributed by atoms with Crippen LogP contribution in [0.1, 0.15) is 32.5 Å². The minimum Gasteiger partial charge on any atom is -0.317 e. The van der Waals surface area contributed by atoms with Crippen molar-refractivity contribution in [3.05, 3.63) is 24.2 Å². The first-order valence-electron chi connectivity index (χ1n) is 7.75. The lowest BCUT2D eigenvalue weighted by molar-refractivity contribution is 0.331. The van der Waals surface area contributed by atoms with Crippen molar-refractivity contribution in [3.8, 4) is 0 Å². The second kappa shape index (κ2) is 5.92. The van der Waals surface area contributed by atoms with Crippen LogP contribution in [0.3, 0.4) is 0 Å². The van der Waals surface area contributed by atoms with Gasteiger partial charge in [-0.15, -0.1) is 0 Å². The molecule has 0 amide bonds. The average Bonchev–Trinajstić information content (AvgIpc) is 2.77. The summed E-state index contributed by atoms with van der Waals surface area (Å²) in [6, 6.07) is 4.05. The molecular weight excluding hydrogens is 248 g/mol. The number of fused-ring (bicyclic) bond motifs is 1. The molecule has 0 bridgehead atoms. The first kappa shape index (κ1) is 13.6. The second-order valence-electron chi connectivity index (χ2n) is 6.28. The summed E-state index contributed by atoms with van der Waals surface area (Å²) >= 11 is 0. The maximum Gasteiger partial charge on any atom is 0.159 e. The zero-order chi connectivity index (χ0) is 13.9. The lowest BCUT2D eigenvalue weighted by atomic mass is 9.98. The smallest absolute Gasteiger partial charge is 0.159 e. The minimum absolute atomic E-state index is 0.624. The van der Waals surface area contributed by atoms with Gasteiger partial charge in [0.25, 0.3) is 0 Å². The van der Waals surface area contributed by atoms with Gasteiger partial charge in [0.05, 0.1) is 0 Å². The number of nitrogens with zero attached hydrogens (tertiary/aromatic N) is 3. The second-order valence-corrected chi connectivity index (χ2v) is 6.28. The maximum absolute atomic E-state index is 4.80. The summed E-state index contributed by atoms with van der Waals surface area (Å²) in [5.41, 5.74) is 2.10. The Morgan fingerprint density at radius 3 is 2.90 bits per heavy atom. The van der Waals surface area contributed by atoms with E-state index in [0.717, 1.165) is 43.1 Å². The standard InChI is InChI=1S/C16H24N4/c1-12(2)10-15-19-14-4-3-7-18-16(14)20(15)11-13-5-8-17-9-6-13/h3-4,7,12-13,17H,5-6,8-11H2,1-2H3. The molecule has 2 aromatic heterocycles. The summed E-state index contributed by atoms with van der Waals surface area (Å²) in [6.45, 7) is 7.86. The SMILES string of the molecule is CC(C)Cc1nc2cccnc2n1CC1CCNCC1. The molecule has 1 fully saturated rings. The van der Waals surface area contributed by atoms with Crippen LogP contribution in [0.5, 0.6) is 0 Å². The van der Waals surface area contributed by atoms with Crippen molar-refractivity contribution in [1.82, 2.24) is 19.9 Å². The van der Waals surface area contributed by atoms with Crippen LogP contribution in [0.4, 0.5) is 0 Å². The van der Waals surface area contributed by atoms with Crippen molar-refractivity contribution in [2.24, 2.45) is 11.8 Å². The number of rotatable bonds is 4. The van der Waals surface area contributed by atoms with E-state index < -0.39 is 0 Å². The fourth-order valence-corrected chi connectivity index (χ4v) is 3.04. The van der Waals surface area contributed by atoms with Gasteiger partial charge in [-0.1, -0.05) is 13.8 Å². The average molecular weight is 272 g/mol. The van der Waals surface area contributed by atoms with Gasteiger partial charge < -0.3 is 9.88 Å². The summed E-state index contributed by atoms with van der Waals surface area (Å²) in [7, 11) is 0. The zero-order valence-electron chi connectivity index (χ0n) is 12.5. The van der Waals surface area contributed by atoms with E-state index in [1.165, 1.54) is 18.7 Å². The number of hydrogen-bond acceptors (Lipinski definition) is 3. The van der Waals surface area contributed by atoms with Gasteiger partial charge in [0, 0.05) is 19.2 Å². The van der Waals surface area contributed by atoms with E-state index >= 15 is 0 Å². The van der Waals surface area contributed by atoms with Crippen LogP contribution >= 0.6 is 0 Å². The molecule has 0 spiro atoms. The van der Waals surface area contributed by atoms with Crippen molar-refractivity contribution in [2.75, 3.05) is 13.1 Å². The Morgan fingerprint density at radius 2 is 2.15 bits per heavy atom. The summed E-state index contributed by atoms with van der Waals surface area (Å²) in [5, 5.41) is 3.44. The number of aromatic nitrogens is 3. The van der Waals surface area contributed by atoms with Gasteiger partial charge in [0.1, 0.15) is 11.3 Å². The van der Waals surface area contributed by atoms with Crippen molar-refractivity contribution in [2.45, 2.75) is 39.7 Å². The summed E-state index contributed by atoms with van der Waals surface area (Å²) in [4.78, 5) is 9.36. The highest BCUT2D eigenvalue weighted by Gasteiger charge is 2.18. The van der Waals surface area contributed by atoms with Gasteiger partial charge in [-0.25, -0.2) is 9.97 Å². The number of imidazole rings is 1. The molecule has 0 saturated carbocycles. The first-order chi connectivity index (χ1) is 9.74. The van der Waals surface area contributed by atoms with Gasteiger partial charge in [-0.3, -0.25) is 0 Å². The number of hydrogen-bond donors (Lipinski definition) is 1. The van der Waals surface area contributed by atoms with Gasteiger partial charge in [-0.2, -0.15) is 0 Å². The Kier molecular flexibility index (Phi) is 4.01. The molecule has 3 heterocycles. The predicted octanol–water partition coefficient (Wildman–Crippen LogP) is 2.63. The van der Waals surface area contributed by atoms with Crippen molar-refractivity contribution in [3.63, 3.8) is 0 Å². The fourth-order valence-electron chi connectivity index (χ4n) is 3.04. The first-order valence-corrected chi connectivity index (χ1v) is 7.75. The van der Waals surface area contributed by atoms with E-state index in [4.69, 9.17) is 4.98 Å². The molecule has 20 heavy (non-hydrogen) atoms. The van der Waals surface area contributed by atoms with Crippen molar-refractivity contribution >= 4 is 11.2 Å². The Labute approximate surface area is 120 Å². The molecule has 1 N–H and O–H groups in total. The van der Waals surface area contributed by atoms with E-state index in [0.29, 0.717) is 5.92 Å². The van der Waals surface area contributed by atoms with Gasteiger partial charge in [0.2, 0.25) is 0 Å². The van der Waals surface area contributed by atoms with Crippen LogP contribution in [-0.2, 0) is 13.0 Å². The molecule has 4 nitrogen and oxygen atoms in total. The van der Waals surface area contributed by atoms with Gasteiger partial charge >= 0.3 is 0 Å². The van der Waals surface area contributed by atoms with Crippen LogP contribution < -0.4 is 5.32 Å². The van der Waals surface area contributed by atoms with Gasteiger partial charge in [-0.05, 0) is 49.9 Å². The molecule has 0 unspecified atom stereocenters. The summed E-state index contributed by atoms with van der Waals surface area (Å²) in [6.07, 6.45) is 5.42. The van der Waals surface area contributed by atoms with E-state index in [1.54, 1.807) is 0 Å². The summed E-state index contributed by atoms with van der Waals surface area (Å²) in [5.74, 6) is 2.58. The normalized spacial score (nSPS) is 17.1. The number of nitrogens with one attached hydrogen (secondary N) is 1. The Bertz CT molecular complexity index is 567. The van der Waals surface area contributed by atoms with Crippen LogP contribution in [0.15, 0.2) is 18.3 Å². The molecule has 1 saturated heterocycles. The van der Waals surface area contributed by atoms with Crippen LogP contribution in [0.2, 0.25) is 0 Å². The minimum atomic E-state index is 0.624. The molecule has 1 aliphatic rings. The molecule has 3 rings (SSSR count). The molecule has 0 radical (unpaired) electrons. The molecule has 2 aromatic rings. The fraction of sp³-hybridized carbons (Fsp3) is 0.625. The Morgan fingerprint density at radius 1 is 1.35 bits per heavy atom. The van der Waals surface area contributed by atoms with Gasteiger partial charge in [0.15, 0.2) is 5.65 Å². The molecule has 0 aliphatic carbocycles. The highest BCUT2D eigenvalue weighted by atomic mass is 15.1. The van der Waals surface area contributed by atoms with Crippen LogP contribution in [0.25, 0.3) is 11.2 Å². The maximum atomic E-state index is 4.80. The Hall–Kier alpha value is -1.42. The van der Waals surface area contributed by atoms with Crippen LogP contribution in [-0.4, -0.2) is 27.6 Å². The molecule has 1 aliphatic heterocycles. The van der Waals surface area contributed by atoms with E-state index in [1.807, 2.05) is 12.3 Å². The Balaban J connectivity index is 1.92. The van der Waals surface area contributed by atoms with Crippen LogP contribution in [0, 0.1) is 11.8 Å². The zero-order valence-corrected chi connectivity index (χ0v) is 12.5. The predicted molar refractivity (Wildman–Crippen MR) is 81.7 cm³/mol. The monoisotopic (exact) mass is 272 g/mol. The molecular formula is C16H24N4. The summed E-state index contributed by atoms with van der Waals surface area (Å²) < 4.78 is 2.37. The number of piperidine rings is 1. The molecule has 4 heteroatoms. The molecule has 0 atom stereocenters. The molecule has 0 aromatic carbocycles. The van der Waals surface area contributed by atoms with Crippen molar-refractivity contribution < 1.29 is 0 Å². The highest BCUT2D eigenvalue weighted by molar-refractivity contribution is 5.71. The van der Waals surface area contributed by atoms with E-state index in [9.17, 15) is 0 Å². The largest absolute Gasteiger partial charge is 0.317 e. The lowest BCUT2D eigenvalue weighted by Crippen LogP contribution is -2.30. The quantitative estimate of drug-likeness (QED) is 0.930. The topological polar surface area (TPSA) is 42.7 Å². The third kappa shape index (κ3) is 2.85. The third-order valence-electron chi connectivity index (χ3n) is 4.07. The third-order valence-corrected chi connectivity index (χ3v) is 4.07. The van der Waals surface area contributed by atoms with Crippen molar-refractivity contribution in [1.29, 1.82) is 0 Å². The lowest BCUT2D eigenvalue weighted by Gasteiger charge is -2.24. The highest BCUT2D eigenvalue weighted by Crippen LogP contribution is 2.21. The molecule has 108 valence electrons. The number of pyridine rings is 1.